The molecule has 1 fully saturated rings. The molecule has 2 aliphatic rings. The number of hydrogen-bond donors (Lipinski definition) is 2. The van der Waals surface area contributed by atoms with Gasteiger partial charge in [-0.05, 0) is 55.0 Å². The van der Waals surface area contributed by atoms with Crippen LogP contribution in [-0.4, -0.2) is 43.7 Å². The van der Waals surface area contributed by atoms with Crippen molar-refractivity contribution in [2.24, 2.45) is 0 Å². The van der Waals surface area contributed by atoms with E-state index in [0.29, 0.717) is 41.4 Å². The summed E-state index contributed by atoms with van der Waals surface area (Å²) in [6.07, 6.45) is 1.05. The first-order valence-electron chi connectivity index (χ1n) is 10.7. The van der Waals surface area contributed by atoms with Crippen LogP contribution in [0.15, 0.2) is 41.3 Å². The molecule has 170 valence electrons. The van der Waals surface area contributed by atoms with Crippen molar-refractivity contribution in [1.29, 1.82) is 0 Å². The highest BCUT2D eigenvalue weighted by Gasteiger charge is 2.40. The topological polar surface area (TPSA) is 105 Å². The van der Waals surface area contributed by atoms with Crippen LogP contribution in [0.2, 0.25) is 0 Å². The first-order chi connectivity index (χ1) is 15.2. The molecule has 1 saturated heterocycles. The third kappa shape index (κ3) is 4.22. The van der Waals surface area contributed by atoms with E-state index in [0.717, 1.165) is 5.56 Å². The summed E-state index contributed by atoms with van der Waals surface area (Å²) in [4.78, 5) is 24.6. The summed E-state index contributed by atoms with van der Waals surface area (Å²) < 4.78 is 33.7. The van der Waals surface area contributed by atoms with Gasteiger partial charge in [0.15, 0.2) is 6.61 Å². The van der Waals surface area contributed by atoms with Gasteiger partial charge in [0.2, 0.25) is 15.9 Å². The Morgan fingerprint density at radius 2 is 1.94 bits per heavy atom. The van der Waals surface area contributed by atoms with E-state index in [2.05, 4.69) is 24.5 Å². The zero-order chi connectivity index (χ0) is 23.0. The minimum atomic E-state index is -3.94. The number of carbonyl (C=O) groups is 2. The molecule has 0 spiro atoms. The molecule has 8 nitrogen and oxygen atoms in total. The third-order valence-electron chi connectivity index (χ3n) is 5.85. The van der Waals surface area contributed by atoms with E-state index >= 15 is 0 Å². The number of amides is 2. The van der Waals surface area contributed by atoms with E-state index in [1.54, 1.807) is 13.0 Å². The second-order valence-corrected chi connectivity index (χ2v) is 10.3. The second-order valence-electron chi connectivity index (χ2n) is 8.49. The monoisotopic (exact) mass is 457 g/mol. The smallest absolute Gasteiger partial charge is 0.262 e. The van der Waals surface area contributed by atoms with E-state index in [9.17, 15) is 18.0 Å². The largest absolute Gasteiger partial charge is 0.482 e. The summed E-state index contributed by atoms with van der Waals surface area (Å²) in [5.74, 6) is 0.0549. The van der Waals surface area contributed by atoms with Gasteiger partial charge in [0, 0.05) is 18.3 Å². The van der Waals surface area contributed by atoms with E-state index in [-0.39, 0.29) is 29.9 Å². The zero-order valence-electron chi connectivity index (χ0n) is 18.3. The Hall–Kier alpha value is -2.91. The van der Waals surface area contributed by atoms with Crippen molar-refractivity contribution < 1.29 is 22.7 Å². The van der Waals surface area contributed by atoms with Crippen LogP contribution in [0.4, 0.5) is 11.4 Å². The van der Waals surface area contributed by atoms with Crippen molar-refractivity contribution in [2.75, 3.05) is 23.8 Å². The molecule has 2 aromatic carbocycles. The molecule has 2 aliphatic heterocycles. The first kappa shape index (κ1) is 22.3. The number of ether oxygens (including phenoxy) is 1. The molecule has 0 unspecified atom stereocenters. The van der Waals surface area contributed by atoms with Crippen LogP contribution in [0.5, 0.6) is 5.75 Å². The molecular weight excluding hydrogens is 430 g/mol. The lowest BCUT2D eigenvalue weighted by atomic mass is 10.0. The quantitative estimate of drug-likeness (QED) is 0.717. The summed E-state index contributed by atoms with van der Waals surface area (Å²) in [6, 6.07) is 9.80. The molecular formula is C23H27N3O5S. The van der Waals surface area contributed by atoms with Crippen LogP contribution in [0.1, 0.15) is 43.7 Å². The van der Waals surface area contributed by atoms with Crippen LogP contribution in [-0.2, 0) is 19.6 Å². The number of aryl methyl sites for hydroxylation is 1. The van der Waals surface area contributed by atoms with Gasteiger partial charge in [-0.15, -0.1) is 0 Å². The lowest BCUT2D eigenvalue weighted by molar-refractivity contribution is -0.119. The number of carbonyl (C=O) groups excluding carboxylic acids is 2. The number of hydrogen-bond acceptors (Lipinski definition) is 5. The maximum absolute atomic E-state index is 13.5. The Kier molecular flexibility index (Phi) is 5.96. The zero-order valence-corrected chi connectivity index (χ0v) is 19.2. The van der Waals surface area contributed by atoms with Crippen molar-refractivity contribution in [2.45, 2.75) is 50.5 Å². The molecule has 0 saturated carbocycles. The van der Waals surface area contributed by atoms with E-state index in [4.69, 9.17) is 4.74 Å². The van der Waals surface area contributed by atoms with Gasteiger partial charge in [0.25, 0.3) is 5.91 Å². The van der Waals surface area contributed by atoms with Gasteiger partial charge in [-0.2, -0.15) is 4.31 Å². The molecule has 0 radical (unpaired) electrons. The number of fused-ring (bicyclic) bond motifs is 1. The minimum Gasteiger partial charge on any atom is -0.482 e. The molecule has 0 aliphatic carbocycles. The number of nitrogens with zero attached hydrogens (tertiary/aromatic N) is 1. The maximum Gasteiger partial charge on any atom is 0.262 e. The third-order valence-corrected chi connectivity index (χ3v) is 7.90. The highest BCUT2D eigenvalue weighted by molar-refractivity contribution is 7.89. The average molecular weight is 458 g/mol. The molecule has 0 aromatic heterocycles. The Bertz CT molecular complexity index is 1160. The summed E-state index contributed by atoms with van der Waals surface area (Å²) in [7, 11) is -3.94. The van der Waals surface area contributed by atoms with Gasteiger partial charge < -0.3 is 15.4 Å². The van der Waals surface area contributed by atoms with E-state index in [1.165, 1.54) is 10.4 Å². The summed E-state index contributed by atoms with van der Waals surface area (Å²) in [6.45, 7) is 5.95. The van der Waals surface area contributed by atoms with Crippen molar-refractivity contribution in [1.82, 2.24) is 4.31 Å². The molecule has 32 heavy (non-hydrogen) atoms. The molecule has 2 aromatic rings. The minimum absolute atomic E-state index is 0.0772. The molecule has 4 rings (SSSR count). The number of sulfonamides is 1. The van der Waals surface area contributed by atoms with Crippen molar-refractivity contribution in [3.8, 4) is 5.75 Å². The molecule has 2 N–H and O–H groups in total. The Labute approximate surface area is 188 Å². The number of rotatable bonds is 5. The number of nitrogens with one attached hydrogen (secondary N) is 2. The first-order valence-corrected chi connectivity index (χ1v) is 12.1. The lowest BCUT2D eigenvalue weighted by Gasteiger charge is -2.26. The maximum atomic E-state index is 13.5. The predicted molar refractivity (Wildman–Crippen MR) is 121 cm³/mol. The molecule has 1 atom stereocenters. The van der Waals surface area contributed by atoms with Gasteiger partial charge in [-0.1, -0.05) is 26.0 Å². The highest BCUT2D eigenvalue weighted by atomic mass is 32.2. The molecule has 9 heteroatoms. The highest BCUT2D eigenvalue weighted by Crippen LogP contribution is 2.36. The average Bonchev–Trinajstić information content (AvgIpc) is 3.24. The molecule has 0 bridgehead atoms. The van der Waals surface area contributed by atoms with Crippen LogP contribution < -0.4 is 15.4 Å². The Morgan fingerprint density at radius 3 is 2.62 bits per heavy atom. The Balaban J connectivity index is 1.57. The number of benzene rings is 2. The summed E-state index contributed by atoms with van der Waals surface area (Å²) in [5.41, 5.74) is 2.72. The normalized spacial score (nSPS) is 18.8. The predicted octanol–water partition coefficient (Wildman–Crippen LogP) is 3.24. The van der Waals surface area contributed by atoms with Gasteiger partial charge >= 0.3 is 0 Å². The fourth-order valence-corrected chi connectivity index (χ4v) is 5.97. The van der Waals surface area contributed by atoms with Crippen LogP contribution in [0.3, 0.4) is 0 Å². The van der Waals surface area contributed by atoms with Gasteiger partial charge in [0.1, 0.15) is 11.8 Å². The fourth-order valence-electron chi connectivity index (χ4n) is 4.09. The van der Waals surface area contributed by atoms with E-state index in [1.807, 2.05) is 24.3 Å². The van der Waals surface area contributed by atoms with Crippen LogP contribution in [0, 0.1) is 6.92 Å². The van der Waals surface area contributed by atoms with Crippen molar-refractivity contribution in [3.05, 3.63) is 47.5 Å². The van der Waals surface area contributed by atoms with Gasteiger partial charge in [-0.25, -0.2) is 8.42 Å². The summed E-state index contributed by atoms with van der Waals surface area (Å²) in [5, 5.41) is 5.53. The van der Waals surface area contributed by atoms with E-state index < -0.39 is 16.1 Å². The lowest BCUT2D eigenvalue weighted by Crippen LogP contribution is -2.43. The summed E-state index contributed by atoms with van der Waals surface area (Å²) >= 11 is 0. The fraction of sp³-hybridized carbons (Fsp3) is 0.391. The SMILES string of the molecule is Cc1cc2c(cc1S(=O)(=O)N1CCC[C@H]1C(=O)Nc1ccc(C(C)C)cc1)OCC(=O)N2. The van der Waals surface area contributed by atoms with Crippen LogP contribution >= 0.6 is 0 Å². The van der Waals surface area contributed by atoms with Crippen LogP contribution in [0.25, 0.3) is 0 Å². The van der Waals surface area contributed by atoms with Crippen molar-refractivity contribution >= 4 is 33.2 Å². The second kappa shape index (κ2) is 8.55. The standard InChI is InChI=1S/C23H27N3O5S/c1-14(2)16-6-8-17(9-7-16)24-23(28)19-5-4-10-26(19)32(29,30)21-12-20-18(11-15(21)3)25-22(27)13-31-20/h6-9,11-12,14,19H,4-5,10,13H2,1-3H3,(H,24,28)(H,25,27)/t19-/m0/s1. The van der Waals surface area contributed by atoms with Crippen molar-refractivity contribution in [3.63, 3.8) is 0 Å². The number of anilines is 2. The molecule has 2 heterocycles. The van der Waals surface area contributed by atoms with Gasteiger partial charge in [-0.3, -0.25) is 9.59 Å². The molecule has 2 amide bonds. The Morgan fingerprint density at radius 1 is 1.22 bits per heavy atom. The van der Waals surface area contributed by atoms with Gasteiger partial charge in [0.05, 0.1) is 10.6 Å².